The van der Waals surface area contributed by atoms with Crippen molar-refractivity contribution in [2.45, 2.75) is 53.1 Å². The molecule has 0 spiro atoms. The summed E-state index contributed by atoms with van der Waals surface area (Å²) in [5, 5.41) is 9.22. The average molecular weight is 371 g/mol. The quantitative estimate of drug-likeness (QED) is 0.536. The van der Waals surface area contributed by atoms with Gasteiger partial charge in [-0.05, 0) is 24.6 Å². The molecule has 0 saturated heterocycles. The minimum absolute atomic E-state index is 0.0667. The van der Waals surface area contributed by atoms with Crippen molar-refractivity contribution in [1.29, 1.82) is 0 Å². The lowest BCUT2D eigenvalue weighted by Gasteiger charge is -2.13. The van der Waals surface area contributed by atoms with Crippen LogP contribution in [0.25, 0.3) is 0 Å². The van der Waals surface area contributed by atoms with Gasteiger partial charge in [-0.1, -0.05) is 32.9 Å². The van der Waals surface area contributed by atoms with E-state index in [1.54, 1.807) is 6.20 Å². The lowest BCUT2D eigenvalue weighted by molar-refractivity contribution is -0.114. The molecule has 1 heterocycles. The van der Waals surface area contributed by atoms with E-state index in [0.717, 1.165) is 23.6 Å². The topological polar surface area (TPSA) is 91.5 Å². The minimum Gasteiger partial charge on any atom is -0.443 e. The normalized spacial score (nSPS) is 12.0. The third-order valence-corrected chi connectivity index (χ3v) is 3.71. The van der Waals surface area contributed by atoms with Crippen LogP contribution in [0, 0.1) is 0 Å². The van der Waals surface area contributed by atoms with Gasteiger partial charge in [0.05, 0.1) is 19.3 Å². The molecule has 0 aliphatic rings. The van der Waals surface area contributed by atoms with Crippen molar-refractivity contribution in [1.82, 2.24) is 15.6 Å². The molecule has 0 bridgehead atoms. The van der Waals surface area contributed by atoms with Gasteiger partial charge in [0.25, 0.3) is 0 Å². The molecule has 2 rings (SSSR count). The molecule has 0 saturated carbocycles. The van der Waals surface area contributed by atoms with E-state index in [-0.39, 0.29) is 11.3 Å². The first kappa shape index (κ1) is 20.5. The Morgan fingerprint density at radius 3 is 2.67 bits per heavy atom. The predicted octanol–water partition coefficient (Wildman–Crippen LogP) is 3.19. The van der Waals surface area contributed by atoms with Gasteiger partial charge in [-0.15, -0.1) is 0 Å². The van der Waals surface area contributed by atoms with E-state index in [2.05, 4.69) is 46.7 Å². The molecule has 3 N–H and O–H groups in total. The van der Waals surface area contributed by atoms with Crippen LogP contribution < -0.4 is 16.0 Å². The Bertz CT molecular complexity index is 790. The number of carbonyl (C=O) groups excluding carboxylic acids is 1. The third-order valence-electron chi connectivity index (χ3n) is 3.71. The molecule has 7 nitrogen and oxygen atoms in total. The average Bonchev–Trinajstić information content (AvgIpc) is 3.06. The second-order valence-corrected chi connectivity index (χ2v) is 7.30. The van der Waals surface area contributed by atoms with E-state index in [1.165, 1.54) is 6.92 Å². The molecule has 0 unspecified atom stereocenters. The number of hydrogen-bond acceptors (Lipinski definition) is 4. The molecule has 1 aromatic carbocycles. The molecule has 0 aliphatic heterocycles. The van der Waals surface area contributed by atoms with E-state index in [4.69, 9.17) is 4.42 Å². The molecule has 1 aromatic heterocycles. The monoisotopic (exact) mass is 371 g/mol. The summed E-state index contributed by atoms with van der Waals surface area (Å²) in [5.74, 6) is 2.07. The molecular formula is C20H29N5O2. The Labute approximate surface area is 160 Å². The maximum atomic E-state index is 11.2. The fourth-order valence-corrected chi connectivity index (χ4v) is 2.36. The standard InChI is InChI=1S/C20H29N5O2/c1-6-21-19(24-13-18-22-12-17(27-18)20(3,4)5)23-11-15-8-7-9-16(10-15)25-14(2)26/h7-10,12H,6,11,13H2,1-5H3,(H,25,26)(H2,21,23,24). The van der Waals surface area contributed by atoms with E-state index < -0.39 is 0 Å². The summed E-state index contributed by atoms with van der Waals surface area (Å²) in [6.45, 7) is 11.5. The van der Waals surface area contributed by atoms with E-state index in [9.17, 15) is 4.79 Å². The minimum atomic E-state index is -0.0915. The molecule has 0 aliphatic carbocycles. The number of rotatable bonds is 6. The third kappa shape index (κ3) is 6.77. The van der Waals surface area contributed by atoms with Gasteiger partial charge >= 0.3 is 0 Å². The lowest BCUT2D eigenvalue weighted by Crippen LogP contribution is -2.36. The molecule has 27 heavy (non-hydrogen) atoms. The van der Waals surface area contributed by atoms with E-state index in [0.29, 0.717) is 24.9 Å². The van der Waals surface area contributed by atoms with Gasteiger partial charge in [-0.2, -0.15) is 0 Å². The molecule has 0 atom stereocenters. The van der Waals surface area contributed by atoms with Crippen LogP contribution in [-0.2, 0) is 23.3 Å². The molecule has 146 valence electrons. The maximum Gasteiger partial charge on any atom is 0.221 e. The summed E-state index contributed by atoms with van der Waals surface area (Å²) in [4.78, 5) is 20.1. The number of anilines is 1. The van der Waals surface area contributed by atoms with Gasteiger partial charge in [0, 0.05) is 24.6 Å². The fraction of sp³-hybridized carbons (Fsp3) is 0.450. The van der Waals surface area contributed by atoms with Crippen LogP contribution in [0.3, 0.4) is 0 Å². The van der Waals surface area contributed by atoms with Crippen molar-refractivity contribution in [3.63, 3.8) is 0 Å². The summed E-state index contributed by atoms with van der Waals surface area (Å²) in [6.07, 6.45) is 1.77. The number of aromatic nitrogens is 1. The van der Waals surface area contributed by atoms with Crippen molar-refractivity contribution in [2.75, 3.05) is 11.9 Å². The molecule has 1 amide bonds. The summed E-state index contributed by atoms with van der Waals surface area (Å²) in [7, 11) is 0. The van der Waals surface area contributed by atoms with Crippen molar-refractivity contribution in [2.24, 2.45) is 4.99 Å². The highest BCUT2D eigenvalue weighted by atomic mass is 16.4. The number of oxazole rings is 1. The van der Waals surface area contributed by atoms with Gasteiger partial charge in [0.1, 0.15) is 5.76 Å². The number of benzene rings is 1. The highest BCUT2D eigenvalue weighted by Crippen LogP contribution is 2.22. The summed E-state index contributed by atoms with van der Waals surface area (Å²) < 4.78 is 5.80. The molecule has 0 radical (unpaired) electrons. The first-order valence-corrected chi connectivity index (χ1v) is 9.12. The van der Waals surface area contributed by atoms with E-state index >= 15 is 0 Å². The predicted molar refractivity (Wildman–Crippen MR) is 108 cm³/mol. The number of carbonyl (C=O) groups is 1. The number of guanidine groups is 1. The first-order chi connectivity index (χ1) is 12.8. The SMILES string of the molecule is CCNC(=NCc1cccc(NC(C)=O)c1)NCc1ncc(C(C)(C)C)o1. The van der Waals surface area contributed by atoms with Crippen LogP contribution in [0.4, 0.5) is 5.69 Å². The zero-order valence-electron chi connectivity index (χ0n) is 16.7. The van der Waals surface area contributed by atoms with Crippen LogP contribution in [0.5, 0.6) is 0 Å². The zero-order chi connectivity index (χ0) is 19.9. The van der Waals surface area contributed by atoms with Crippen molar-refractivity contribution < 1.29 is 9.21 Å². The Kier molecular flexibility index (Phi) is 6.98. The molecule has 7 heteroatoms. The molecule has 0 fully saturated rings. The Morgan fingerprint density at radius 1 is 1.26 bits per heavy atom. The van der Waals surface area contributed by atoms with Crippen LogP contribution in [-0.4, -0.2) is 23.4 Å². The lowest BCUT2D eigenvalue weighted by atomic mass is 9.94. The summed E-state index contributed by atoms with van der Waals surface area (Å²) >= 11 is 0. The number of amides is 1. The first-order valence-electron chi connectivity index (χ1n) is 9.12. The number of nitrogens with zero attached hydrogens (tertiary/aromatic N) is 2. The number of aliphatic imine (C=N–C) groups is 1. The van der Waals surface area contributed by atoms with Crippen LogP contribution in [0.1, 0.15) is 51.8 Å². The number of nitrogens with one attached hydrogen (secondary N) is 3. The maximum absolute atomic E-state index is 11.2. The summed E-state index contributed by atoms with van der Waals surface area (Å²) in [5.41, 5.74) is 1.70. The summed E-state index contributed by atoms with van der Waals surface area (Å²) in [6, 6.07) is 7.64. The fourth-order valence-electron chi connectivity index (χ4n) is 2.36. The van der Waals surface area contributed by atoms with Crippen LogP contribution in [0.15, 0.2) is 39.9 Å². The Morgan fingerprint density at radius 2 is 2.04 bits per heavy atom. The largest absolute Gasteiger partial charge is 0.443 e. The molecular weight excluding hydrogens is 342 g/mol. The molecule has 2 aromatic rings. The second kappa shape index (κ2) is 9.21. The smallest absolute Gasteiger partial charge is 0.221 e. The van der Waals surface area contributed by atoms with Crippen molar-refractivity contribution in [3.05, 3.63) is 47.7 Å². The van der Waals surface area contributed by atoms with E-state index in [1.807, 2.05) is 31.2 Å². The van der Waals surface area contributed by atoms with Crippen molar-refractivity contribution >= 4 is 17.6 Å². The van der Waals surface area contributed by atoms with Gasteiger partial charge in [-0.3, -0.25) is 4.79 Å². The zero-order valence-corrected chi connectivity index (χ0v) is 16.7. The number of hydrogen-bond donors (Lipinski definition) is 3. The second-order valence-electron chi connectivity index (χ2n) is 7.30. The van der Waals surface area contributed by atoms with Crippen LogP contribution in [0.2, 0.25) is 0 Å². The van der Waals surface area contributed by atoms with Gasteiger partial charge in [-0.25, -0.2) is 9.98 Å². The highest BCUT2D eigenvalue weighted by molar-refractivity contribution is 5.88. The Balaban J connectivity index is 2.00. The highest BCUT2D eigenvalue weighted by Gasteiger charge is 2.19. The van der Waals surface area contributed by atoms with Gasteiger partial charge in [0.2, 0.25) is 11.8 Å². The van der Waals surface area contributed by atoms with Crippen LogP contribution >= 0.6 is 0 Å². The van der Waals surface area contributed by atoms with Crippen molar-refractivity contribution in [3.8, 4) is 0 Å². The Hall–Kier alpha value is -2.83. The van der Waals surface area contributed by atoms with Gasteiger partial charge < -0.3 is 20.4 Å². The van der Waals surface area contributed by atoms with Gasteiger partial charge in [0.15, 0.2) is 5.96 Å².